The molecule has 3 aromatic heterocycles. The molecular formula is C70H83Cl4N14O10P3S3. The number of nitrogens with one attached hydrogen (secondary N) is 7. The number of halogens is 4. The van der Waals surface area contributed by atoms with Crippen LogP contribution in [0.15, 0.2) is 161 Å². The van der Waals surface area contributed by atoms with Crippen LogP contribution in [0.3, 0.4) is 0 Å². The maximum Gasteiger partial charge on any atom is 0.242 e. The number of sulfonamides is 1. The maximum absolute atomic E-state index is 13.8. The number of anilines is 12. The molecule has 2 fully saturated rings. The molecule has 0 unspecified atom stereocenters. The van der Waals surface area contributed by atoms with Crippen LogP contribution in [-0.2, 0) is 43.4 Å². The van der Waals surface area contributed by atoms with Crippen molar-refractivity contribution >= 4 is 183 Å². The normalized spacial score (nSPS) is 14.1. The number of nitrogens with zero attached hydrogens (tertiary/aromatic N) is 7. The van der Waals surface area contributed by atoms with Crippen molar-refractivity contribution in [1.29, 1.82) is 0 Å². The van der Waals surface area contributed by atoms with E-state index in [0.717, 1.165) is 34.9 Å². The van der Waals surface area contributed by atoms with E-state index >= 15 is 0 Å². The number of sulfone groups is 2. The Morgan fingerprint density at radius 3 is 1.35 bits per heavy atom. The molecule has 1 saturated heterocycles. The Bertz CT molecular complexity index is 5140. The molecule has 0 amide bonds. The van der Waals surface area contributed by atoms with Crippen molar-refractivity contribution in [3.8, 4) is 5.75 Å². The molecule has 4 heterocycles. The summed E-state index contributed by atoms with van der Waals surface area (Å²) in [5.74, 6) is 1.99. The van der Waals surface area contributed by atoms with E-state index in [-0.39, 0.29) is 65.1 Å². The first-order chi connectivity index (χ1) is 49.0. The second-order valence-corrected chi connectivity index (χ2v) is 43.8. The molecular weight excluding hydrogens is 1530 g/mol. The lowest BCUT2D eigenvalue weighted by Crippen LogP contribution is -2.38. The highest BCUT2D eigenvalue weighted by Gasteiger charge is 2.37. The minimum Gasteiger partial charge on any atom is -0.495 e. The number of hydrogen-bond acceptors (Lipinski definition) is 23. The summed E-state index contributed by atoms with van der Waals surface area (Å²) >= 11 is 25.3. The van der Waals surface area contributed by atoms with Gasteiger partial charge in [0.25, 0.3) is 0 Å². The van der Waals surface area contributed by atoms with E-state index < -0.39 is 61.6 Å². The molecule has 1 aliphatic heterocycles. The van der Waals surface area contributed by atoms with E-state index in [1.807, 2.05) is 50.2 Å². The Balaban J connectivity index is 0.000000182. The zero-order valence-corrected chi connectivity index (χ0v) is 67.2. The molecule has 6 aromatic carbocycles. The van der Waals surface area contributed by atoms with Gasteiger partial charge in [-0.1, -0.05) is 89.7 Å². The average Bonchev–Trinajstić information content (AvgIpc) is 1.15. The summed E-state index contributed by atoms with van der Waals surface area (Å²) < 4.78 is 123. The molecule has 104 heavy (non-hydrogen) atoms. The monoisotopic (exact) mass is 1610 g/mol. The van der Waals surface area contributed by atoms with Gasteiger partial charge in [0.05, 0.1) is 79.5 Å². The summed E-state index contributed by atoms with van der Waals surface area (Å²) in [4.78, 5) is 28.8. The van der Waals surface area contributed by atoms with Crippen molar-refractivity contribution in [2.24, 2.45) is 0 Å². The van der Waals surface area contributed by atoms with Gasteiger partial charge in [-0.15, -0.1) is 0 Å². The van der Waals surface area contributed by atoms with Crippen LogP contribution in [0.25, 0.3) is 0 Å². The Morgan fingerprint density at radius 1 is 0.529 bits per heavy atom. The topological polar surface area (TPSA) is 328 Å². The predicted octanol–water partition coefficient (Wildman–Crippen LogP) is 15.8. The third kappa shape index (κ3) is 20.5. The van der Waals surface area contributed by atoms with Crippen molar-refractivity contribution in [3.63, 3.8) is 0 Å². The van der Waals surface area contributed by atoms with Gasteiger partial charge in [-0.2, -0.15) is 15.0 Å². The quantitative estimate of drug-likeness (QED) is 0.0261. The second-order valence-electron chi connectivity index (χ2n) is 25.8. The summed E-state index contributed by atoms with van der Waals surface area (Å²) in [7, 11) is -16.5. The Kier molecular flexibility index (Phi) is 26.5. The van der Waals surface area contributed by atoms with Crippen LogP contribution in [0.4, 0.5) is 69.4 Å². The second kappa shape index (κ2) is 34.1. The molecule has 2 aliphatic rings. The maximum atomic E-state index is 13.8. The van der Waals surface area contributed by atoms with Crippen molar-refractivity contribution in [1.82, 2.24) is 39.5 Å². The molecule has 0 bridgehead atoms. The highest BCUT2D eigenvalue weighted by atomic mass is 35.5. The zero-order chi connectivity index (χ0) is 75.7. The minimum atomic E-state index is -3.70. The lowest BCUT2D eigenvalue weighted by atomic mass is 10.2. The van der Waals surface area contributed by atoms with Gasteiger partial charge < -0.3 is 50.3 Å². The van der Waals surface area contributed by atoms with Gasteiger partial charge in [-0.05, 0) is 177 Å². The Labute approximate surface area is 628 Å². The first kappa shape index (κ1) is 80.9. The van der Waals surface area contributed by atoms with E-state index in [2.05, 4.69) is 71.4 Å². The lowest BCUT2D eigenvalue weighted by molar-refractivity contribution is 0.285. The van der Waals surface area contributed by atoms with Crippen molar-refractivity contribution in [2.75, 3.05) is 97.6 Å². The minimum absolute atomic E-state index is 0.0950. The predicted molar refractivity (Wildman–Crippen MR) is 426 cm³/mol. The van der Waals surface area contributed by atoms with Crippen LogP contribution in [0.1, 0.15) is 59.4 Å². The highest BCUT2D eigenvalue weighted by Crippen LogP contribution is 2.49. The summed E-state index contributed by atoms with van der Waals surface area (Å²) in [6.45, 7) is 19.2. The van der Waals surface area contributed by atoms with E-state index in [9.17, 15) is 38.9 Å². The summed E-state index contributed by atoms with van der Waals surface area (Å²) in [5, 5.41) is 20.5. The van der Waals surface area contributed by atoms with Gasteiger partial charge >= 0.3 is 0 Å². The zero-order valence-electron chi connectivity index (χ0n) is 59.0. The third-order valence-corrected chi connectivity index (χ3v) is 29.9. The SMILES string of the molecule is CC(C)S(=O)(=O)c1ccccc1Nc1nc(Nc2ccc(P(C)(C)=O)cc2Cl)ncc1Cl.CCCNS(=O)(=O)c1ccccc1Nc1nc(Nc2ccc(P(C)(C)=O)cc2C)ncc1Cl.COc1cc(P2(=O)CCN(C3CC3)CC2)ccc1Nc1ncc(Cl)c(Nc2ccccc2S(=O)(=O)C(C)C)n1. The number of benzene rings is 6. The Hall–Kier alpha value is -7.22. The average molecular weight is 1610 g/mol. The van der Waals surface area contributed by atoms with Gasteiger partial charge in [0.2, 0.25) is 27.9 Å². The lowest BCUT2D eigenvalue weighted by Gasteiger charge is -2.32. The molecule has 554 valence electrons. The van der Waals surface area contributed by atoms with Crippen LogP contribution in [0, 0.1) is 6.92 Å². The molecule has 24 nitrogen and oxygen atoms in total. The number of aromatic nitrogens is 6. The van der Waals surface area contributed by atoms with Crippen LogP contribution in [-0.4, -0.2) is 142 Å². The molecule has 11 rings (SSSR count). The van der Waals surface area contributed by atoms with Crippen molar-refractivity contribution < 1.29 is 43.7 Å². The molecule has 34 heteroatoms. The molecule has 1 saturated carbocycles. The first-order valence-corrected chi connectivity index (χ1v) is 46.3. The number of ether oxygens (including phenoxy) is 1. The molecule has 9 aromatic rings. The summed E-state index contributed by atoms with van der Waals surface area (Å²) in [6.07, 6.45) is 8.82. The molecule has 1 aliphatic carbocycles. The van der Waals surface area contributed by atoms with E-state index in [1.54, 1.807) is 140 Å². The number of para-hydroxylation sites is 3. The third-order valence-electron chi connectivity index (χ3n) is 16.7. The molecule has 0 atom stereocenters. The van der Waals surface area contributed by atoms with Gasteiger partial charge in [0.15, 0.2) is 37.1 Å². The van der Waals surface area contributed by atoms with Crippen LogP contribution in [0.5, 0.6) is 5.75 Å². The fourth-order valence-electron chi connectivity index (χ4n) is 10.5. The highest BCUT2D eigenvalue weighted by molar-refractivity contribution is 7.92. The molecule has 0 radical (unpaired) electrons. The van der Waals surface area contributed by atoms with E-state index in [4.69, 9.17) is 51.1 Å². The van der Waals surface area contributed by atoms with Gasteiger partial charge in [-0.3, -0.25) is 4.90 Å². The smallest absolute Gasteiger partial charge is 0.242 e. The van der Waals surface area contributed by atoms with Crippen LogP contribution >= 0.6 is 67.8 Å². The van der Waals surface area contributed by atoms with Crippen LogP contribution in [0.2, 0.25) is 20.1 Å². The van der Waals surface area contributed by atoms with E-state index in [1.165, 1.54) is 43.6 Å². The number of aryl methyl sites for hydroxylation is 1. The standard InChI is InChI=1S/C27H33ClN5O4PS.C22H27ClN5O3PS.C21H23Cl2N4O3PS/c1-18(2)39(35,36)25-7-5-4-6-23(25)30-26-21(28)17-29-27(32-26)31-22-11-10-20(16-24(22)37-3)38(34)14-12-33(13-15-38)19-8-9-19;1-5-12-25-33(30,31)20-9-7-6-8-19(20)26-21-17(23)14-24-22(28-21)27-18-11-10-16(13-15(18)2)32(3,4)29;1-13(2)32(29,30)19-8-6-5-7-18(19)25-20-16(23)12-24-21(27-20)26-17-10-9-14(11-15(17)22)31(3,4)28/h4-7,10-11,16-19H,8-9,12-15H2,1-3H3,(H2,29,30,31,32);6-11,13-14,25H,5,12H2,1-4H3,(H2,24,26,27,28);5-13H,1-4H3,(H2,24,25,26,27). The van der Waals surface area contributed by atoms with Gasteiger partial charge in [0, 0.05) is 59.6 Å². The molecule has 7 N–H and O–H groups in total. The largest absolute Gasteiger partial charge is 0.495 e. The van der Waals surface area contributed by atoms with Crippen LogP contribution < -0.4 is 57.3 Å². The number of rotatable bonds is 25. The fraction of sp³-hybridized carbons (Fsp3) is 0.314. The first-order valence-electron chi connectivity index (χ1n) is 33.0. The summed E-state index contributed by atoms with van der Waals surface area (Å²) in [5.41, 5.74) is 3.86. The Morgan fingerprint density at radius 2 is 0.933 bits per heavy atom. The number of hydrogen-bond donors (Lipinski definition) is 7. The number of methoxy groups -OCH3 is 1. The van der Waals surface area contributed by atoms with Crippen molar-refractivity contribution in [2.45, 2.75) is 92.0 Å². The van der Waals surface area contributed by atoms with Crippen molar-refractivity contribution in [3.05, 3.63) is 172 Å². The van der Waals surface area contributed by atoms with Gasteiger partial charge in [0.1, 0.15) is 47.1 Å². The summed E-state index contributed by atoms with van der Waals surface area (Å²) in [6, 6.07) is 36.6. The van der Waals surface area contributed by atoms with E-state index in [0.29, 0.717) is 75.8 Å². The fourth-order valence-corrected chi connectivity index (χ4v) is 19.3. The molecule has 0 spiro atoms. The van der Waals surface area contributed by atoms with Gasteiger partial charge in [-0.25, -0.2) is 44.9 Å².